The Labute approximate surface area is 499 Å². The Balaban J connectivity index is 4.49. The van der Waals surface area contributed by atoms with Crippen molar-refractivity contribution < 1.29 is 28.6 Å². The summed E-state index contributed by atoms with van der Waals surface area (Å²) in [6.07, 6.45) is 97.0. The Morgan fingerprint density at radius 1 is 0.259 bits per heavy atom. The van der Waals surface area contributed by atoms with E-state index in [1.165, 1.54) is 122 Å². The zero-order valence-corrected chi connectivity index (χ0v) is 52.5. The van der Waals surface area contributed by atoms with Gasteiger partial charge in [0.25, 0.3) is 0 Å². The van der Waals surface area contributed by atoms with Crippen LogP contribution in [0.1, 0.15) is 290 Å². The fourth-order valence-corrected chi connectivity index (χ4v) is 8.81. The molecule has 0 saturated heterocycles. The minimum Gasteiger partial charge on any atom is -0.462 e. The van der Waals surface area contributed by atoms with Gasteiger partial charge in [-0.15, -0.1) is 0 Å². The van der Waals surface area contributed by atoms with Gasteiger partial charge < -0.3 is 14.2 Å². The molecule has 6 heteroatoms. The molecule has 0 amide bonds. The second kappa shape index (κ2) is 67.8. The third-order valence-electron chi connectivity index (χ3n) is 13.8. The molecule has 0 spiro atoms. The largest absolute Gasteiger partial charge is 0.462 e. The summed E-state index contributed by atoms with van der Waals surface area (Å²) in [5.41, 5.74) is 0. The molecule has 0 fully saturated rings. The van der Waals surface area contributed by atoms with Gasteiger partial charge in [0.15, 0.2) is 6.10 Å². The number of allylic oxidation sites excluding steroid dienone is 24. The van der Waals surface area contributed by atoms with Crippen LogP contribution >= 0.6 is 0 Å². The van der Waals surface area contributed by atoms with Crippen molar-refractivity contribution >= 4 is 17.9 Å². The Morgan fingerprint density at radius 3 is 0.778 bits per heavy atom. The monoisotopic (exact) mass is 1120 g/mol. The van der Waals surface area contributed by atoms with Crippen molar-refractivity contribution in [3.8, 4) is 0 Å². The second-order valence-corrected chi connectivity index (χ2v) is 21.6. The molecule has 1 unspecified atom stereocenters. The summed E-state index contributed by atoms with van der Waals surface area (Å²) in [5.74, 6) is -0.957. The Morgan fingerprint density at radius 2 is 0.481 bits per heavy atom. The zero-order valence-electron chi connectivity index (χ0n) is 52.5. The Bertz CT molecular complexity index is 1760. The van der Waals surface area contributed by atoms with Gasteiger partial charge in [0, 0.05) is 19.3 Å². The highest BCUT2D eigenvalue weighted by molar-refractivity contribution is 5.71. The van der Waals surface area contributed by atoms with Crippen LogP contribution in [0.15, 0.2) is 146 Å². The van der Waals surface area contributed by atoms with Crippen LogP contribution in [-0.2, 0) is 28.6 Å². The van der Waals surface area contributed by atoms with Crippen LogP contribution in [0.25, 0.3) is 0 Å². The molecule has 458 valence electrons. The summed E-state index contributed by atoms with van der Waals surface area (Å²) in [6, 6.07) is 0. The first-order valence-corrected chi connectivity index (χ1v) is 33.3. The highest BCUT2D eigenvalue weighted by Gasteiger charge is 2.19. The number of rotatable bonds is 59. The van der Waals surface area contributed by atoms with Crippen molar-refractivity contribution in [2.45, 2.75) is 297 Å². The van der Waals surface area contributed by atoms with E-state index in [1.54, 1.807) is 0 Å². The van der Waals surface area contributed by atoms with Crippen molar-refractivity contribution in [3.63, 3.8) is 0 Å². The molecule has 0 aromatic rings. The SMILES string of the molecule is CC/C=C\C/C=C\C/C=C\C/C=C\C/C=C\C/C=C\C/C=C\C/C=C\CCCCC(=O)OCC(COC(=O)CCCCCCCCC/C=C\C/C=C\CCCCC)OC(=O)CCCCCCCCCCC/C=C\C/C=C\CCCCC. The van der Waals surface area contributed by atoms with Crippen LogP contribution in [0, 0.1) is 0 Å². The number of carbonyl (C=O) groups is 3. The predicted molar refractivity (Wildman–Crippen MR) is 352 cm³/mol. The van der Waals surface area contributed by atoms with Crippen molar-refractivity contribution in [1.82, 2.24) is 0 Å². The number of hydrogen-bond acceptors (Lipinski definition) is 6. The van der Waals surface area contributed by atoms with Gasteiger partial charge in [-0.05, 0) is 148 Å². The lowest BCUT2D eigenvalue weighted by atomic mass is 10.1. The molecule has 0 aromatic heterocycles. The molecular weight excluding hydrogens is 997 g/mol. The number of carbonyl (C=O) groups excluding carboxylic acids is 3. The van der Waals surface area contributed by atoms with Crippen LogP contribution in [0.4, 0.5) is 0 Å². The van der Waals surface area contributed by atoms with Crippen molar-refractivity contribution in [2.24, 2.45) is 0 Å². The Kier molecular flexibility index (Phi) is 63.9. The summed E-state index contributed by atoms with van der Waals surface area (Å²) >= 11 is 0. The molecule has 0 aliphatic carbocycles. The first-order valence-electron chi connectivity index (χ1n) is 33.3. The van der Waals surface area contributed by atoms with Gasteiger partial charge >= 0.3 is 17.9 Å². The molecule has 0 rings (SSSR count). The molecule has 0 aromatic carbocycles. The zero-order chi connectivity index (χ0) is 58.5. The van der Waals surface area contributed by atoms with E-state index in [9.17, 15) is 14.4 Å². The molecule has 0 bridgehead atoms. The smallest absolute Gasteiger partial charge is 0.306 e. The summed E-state index contributed by atoms with van der Waals surface area (Å²) in [4.78, 5) is 38.4. The van der Waals surface area contributed by atoms with E-state index in [-0.39, 0.29) is 31.1 Å². The lowest BCUT2D eigenvalue weighted by Gasteiger charge is -2.18. The minimum atomic E-state index is -0.810. The number of esters is 3. The van der Waals surface area contributed by atoms with Crippen molar-refractivity contribution in [1.29, 1.82) is 0 Å². The second-order valence-electron chi connectivity index (χ2n) is 21.6. The molecule has 0 aliphatic heterocycles. The summed E-state index contributed by atoms with van der Waals surface area (Å²) in [5, 5.41) is 0. The normalized spacial score (nSPS) is 13.1. The molecule has 81 heavy (non-hydrogen) atoms. The fourth-order valence-electron chi connectivity index (χ4n) is 8.81. The Hall–Kier alpha value is -4.71. The molecule has 0 heterocycles. The summed E-state index contributed by atoms with van der Waals surface area (Å²) in [7, 11) is 0. The summed E-state index contributed by atoms with van der Waals surface area (Å²) < 4.78 is 16.9. The fraction of sp³-hybridized carbons (Fsp3) is 0.640. The molecule has 6 nitrogen and oxygen atoms in total. The maximum absolute atomic E-state index is 12.9. The van der Waals surface area contributed by atoms with Crippen molar-refractivity contribution in [2.75, 3.05) is 13.2 Å². The molecule has 0 radical (unpaired) electrons. The molecule has 0 aliphatic rings. The third kappa shape index (κ3) is 66.0. The lowest BCUT2D eigenvalue weighted by molar-refractivity contribution is -0.167. The molecular formula is C75H122O6. The van der Waals surface area contributed by atoms with E-state index in [4.69, 9.17) is 14.2 Å². The van der Waals surface area contributed by atoms with Crippen LogP contribution in [0.3, 0.4) is 0 Å². The topological polar surface area (TPSA) is 78.9 Å². The maximum atomic E-state index is 12.9. The minimum absolute atomic E-state index is 0.102. The standard InChI is InChI=1S/C75H122O6/c1-4-7-10-13-16-19-22-25-28-31-33-34-35-36-37-38-39-40-42-44-47-50-53-56-59-62-65-68-74(77)80-71-72(70-79-73(76)67-64-61-58-55-52-49-46-43-30-27-24-21-18-15-12-9-6-3)81-75(78)69-66-63-60-57-54-51-48-45-41-32-29-26-23-20-17-14-11-8-5-2/h7,10,16-21,25-30,33-34,36-37,39-40,44,47,53,56,72H,4-6,8-9,11-15,22-24,31-32,35,38,41-43,45-46,48-52,54-55,57-71H2,1-3H3/b10-7-,19-16-,20-17-,21-18-,28-25-,29-26-,30-27-,34-33-,37-36-,40-39-,47-44-,56-53-. The highest BCUT2D eigenvalue weighted by atomic mass is 16.6. The molecule has 0 N–H and O–H groups in total. The highest BCUT2D eigenvalue weighted by Crippen LogP contribution is 2.15. The van der Waals surface area contributed by atoms with E-state index in [0.29, 0.717) is 25.7 Å². The lowest BCUT2D eigenvalue weighted by Crippen LogP contribution is -2.30. The molecule has 0 saturated carbocycles. The van der Waals surface area contributed by atoms with Gasteiger partial charge in [-0.2, -0.15) is 0 Å². The van der Waals surface area contributed by atoms with Gasteiger partial charge in [0.1, 0.15) is 13.2 Å². The van der Waals surface area contributed by atoms with Gasteiger partial charge in [-0.25, -0.2) is 0 Å². The van der Waals surface area contributed by atoms with Gasteiger partial charge in [-0.1, -0.05) is 269 Å². The van der Waals surface area contributed by atoms with Crippen LogP contribution in [0.2, 0.25) is 0 Å². The number of hydrogen-bond donors (Lipinski definition) is 0. The number of unbranched alkanes of at least 4 members (excludes halogenated alkanes) is 24. The molecule has 1 atom stereocenters. The van der Waals surface area contributed by atoms with E-state index < -0.39 is 6.10 Å². The van der Waals surface area contributed by atoms with E-state index in [0.717, 1.165) is 122 Å². The first-order chi connectivity index (χ1) is 40.0. The third-order valence-corrected chi connectivity index (χ3v) is 13.8. The van der Waals surface area contributed by atoms with Crippen molar-refractivity contribution in [3.05, 3.63) is 146 Å². The van der Waals surface area contributed by atoms with Gasteiger partial charge in [0.05, 0.1) is 0 Å². The van der Waals surface area contributed by atoms with Crippen LogP contribution < -0.4 is 0 Å². The first kappa shape index (κ1) is 76.3. The average molecular weight is 1120 g/mol. The quantitative estimate of drug-likeness (QED) is 0.0261. The van der Waals surface area contributed by atoms with Gasteiger partial charge in [0.2, 0.25) is 0 Å². The average Bonchev–Trinajstić information content (AvgIpc) is 3.47. The van der Waals surface area contributed by atoms with Gasteiger partial charge in [-0.3, -0.25) is 14.4 Å². The van der Waals surface area contributed by atoms with E-state index in [1.807, 2.05) is 0 Å². The summed E-state index contributed by atoms with van der Waals surface area (Å²) in [6.45, 7) is 6.44. The van der Waals surface area contributed by atoms with E-state index in [2.05, 4.69) is 167 Å². The van der Waals surface area contributed by atoms with E-state index >= 15 is 0 Å². The van der Waals surface area contributed by atoms with Crippen LogP contribution in [-0.4, -0.2) is 37.2 Å². The van der Waals surface area contributed by atoms with Crippen LogP contribution in [0.5, 0.6) is 0 Å². The maximum Gasteiger partial charge on any atom is 0.306 e. The predicted octanol–water partition coefficient (Wildman–Crippen LogP) is 23.1. The number of ether oxygens (including phenoxy) is 3.